The summed E-state index contributed by atoms with van der Waals surface area (Å²) in [6, 6.07) is 6.75. The Morgan fingerprint density at radius 3 is 2.61 bits per heavy atom. The Bertz CT molecular complexity index is 1310. The summed E-state index contributed by atoms with van der Waals surface area (Å²) in [7, 11) is -4.17. The Kier molecular flexibility index (Phi) is 5.95. The van der Waals surface area contributed by atoms with Crippen molar-refractivity contribution in [2.45, 2.75) is 30.6 Å². The van der Waals surface area contributed by atoms with E-state index in [4.69, 9.17) is 5.14 Å². The Morgan fingerprint density at radius 2 is 1.94 bits per heavy atom. The van der Waals surface area contributed by atoms with Crippen molar-refractivity contribution in [2.75, 3.05) is 6.54 Å². The fourth-order valence-electron chi connectivity index (χ4n) is 3.61. The van der Waals surface area contributed by atoms with Gasteiger partial charge in [-0.1, -0.05) is 0 Å². The quantitative estimate of drug-likeness (QED) is 0.507. The fourth-order valence-corrected chi connectivity index (χ4v) is 4.15. The number of nitrogens with two attached hydrogens (primary N) is 1. The van der Waals surface area contributed by atoms with Crippen molar-refractivity contribution in [3.05, 3.63) is 70.8 Å². The summed E-state index contributed by atoms with van der Waals surface area (Å²) in [4.78, 5) is 16.6. The minimum Gasteiger partial charge on any atom is -0.348 e. The van der Waals surface area contributed by atoms with Crippen LogP contribution in [0.4, 0.5) is 13.2 Å². The topological polar surface area (TPSA) is 132 Å². The van der Waals surface area contributed by atoms with Crippen LogP contribution < -0.4 is 15.8 Å². The predicted molar refractivity (Wildman–Crippen MR) is 111 cm³/mol. The van der Waals surface area contributed by atoms with Crippen molar-refractivity contribution in [1.29, 1.82) is 0 Å². The van der Waals surface area contributed by atoms with Crippen LogP contribution in [0.25, 0.3) is 5.69 Å². The molecule has 9 nitrogen and oxygen atoms in total. The number of rotatable bonds is 5. The largest absolute Gasteiger partial charge is 0.435 e. The number of nitrogens with zero attached hydrogens (tertiary/aromatic N) is 3. The second-order valence-electron chi connectivity index (χ2n) is 7.37. The van der Waals surface area contributed by atoms with Crippen LogP contribution in [0.2, 0.25) is 0 Å². The molecular formula is C20H19F3N6O3S. The number of alkyl halides is 3. The van der Waals surface area contributed by atoms with E-state index in [2.05, 4.69) is 20.7 Å². The minimum absolute atomic E-state index is 0.00702. The third-order valence-corrected chi connectivity index (χ3v) is 6.08. The number of halogens is 3. The molecule has 1 aromatic carbocycles. The molecular weight excluding hydrogens is 461 g/mol. The van der Waals surface area contributed by atoms with Crippen LogP contribution in [0, 0.1) is 0 Å². The Balaban J connectivity index is 1.82. The second-order valence-corrected chi connectivity index (χ2v) is 8.93. The van der Waals surface area contributed by atoms with E-state index in [-0.39, 0.29) is 41.2 Å². The molecule has 3 aromatic rings. The average Bonchev–Trinajstić information content (AvgIpc) is 3.17. The molecule has 2 aromatic heterocycles. The van der Waals surface area contributed by atoms with E-state index in [1.807, 2.05) is 0 Å². The standard InChI is InChI=1S/C20H19F3N6O3S/c21-20(22,23)18-15-11-26-8-5-17(15)29(28-18)16-2-1-13(33(24,31)32)9-14(16)19(30)27-10-12-3-6-25-7-4-12/h1-4,6-7,9,26H,5,8,10-11H2,(H,27,30)(H2,24,31,32). The Hall–Kier alpha value is -3.29. The van der Waals surface area contributed by atoms with Gasteiger partial charge in [0.2, 0.25) is 10.0 Å². The zero-order valence-corrected chi connectivity index (χ0v) is 17.9. The molecule has 0 bridgehead atoms. The molecule has 174 valence electrons. The summed E-state index contributed by atoms with van der Waals surface area (Å²) in [5.41, 5.74) is -0.191. The van der Waals surface area contributed by atoms with E-state index in [1.165, 1.54) is 18.5 Å². The number of hydrogen-bond acceptors (Lipinski definition) is 6. The number of aromatic nitrogens is 3. The zero-order chi connectivity index (χ0) is 23.8. The summed E-state index contributed by atoms with van der Waals surface area (Å²) in [6.45, 7) is 0.493. The van der Waals surface area contributed by atoms with E-state index in [0.717, 1.165) is 22.4 Å². The molecule has 1 amide bonds. The number of carbonyl (C=O) groups is 1. The summed E-state index contributed by atoms with van der Waals surface area (Å²) < 4.78 is 65.6. The van der Waals surface area contributed by atoms with Crippen molar-refractivity contribution < 1.29 is 26.4 Å². The Morgan fingerprint density at radius 1 is 1.21 bits per heavy atom. The van der Waals surface area contributed by atoms with Crippen LogP contribution >= 0.6 is 0 Å². The van der Waals surface area contributed by atoms with Crippen LogP contribution in [0.15, 0.2) is 47.6 Å². The summed E-state index contributed by atoms with van der Waals surface area (Å²) >= 11 is 0. The van der Waals surface area contributed by atoms with E-state index < -0.39 is 27.8 Å². The molecule has 1 aliphatic rings. The van der Waals surface area contributed by atoms with Gasteiger partial charge >= 0.3 is 6.18 Å². The lowest BCUT2D eigenvalue weighted by atomic mass is 10.1. The number of amides is 1. The van der Waals surface area contributed by atoms with Gasteiger partial charge in [-0.2, -0.15) is 18.3 Å². The summed E-state index contributed by atoms with van der Waals surface area (Å²) in [5.74, 6) is -0.695. The zero-order valence-electron chi connectivity index (χ0n) is 17.1. The molecule has 1 aliphatic heterocycles. The maximum Gasteiger partial charge on any atom is 0.435 e. The molecule has 3 heterocycles. The van der Waals surface area contributed by atoms with Crippen LogP contribution in [-0.2, 0) is 35.7 Å². The van der Waals surface area contributed by atoms with Gasteiger partial charge in [0.15, 0.2) is 5.69 Å². The number of hydrogen-bond donors (Lipinski definition) is 3. The van der Waals surface area contributed by atoms with E-state index in [9.17, 15) is 26.4 Å². The summed E-state index contributed by atoms with van der Waals surface area (Å²) in [5, 5.41) is 14.5. The average molecular weight is 480 g/mol. The lowest BCUT2D eigenvalue weighted by Crippen LogP contribution is -2.27. The fraction of sp³-hybridized carbons (Fsp3) is 0.250. The van der Waals surface area contributed by atoms with Crippen molar-refractivity contribution in [3.8, 4) is 5.69 Å². The van der Waals surface area contributed by atoms with Crippen LogP contribution in [0.1, 0.15) is 32.9 Å². The smallest absolute Gasteiger partial charge is 0.348 e. The van der Waals surface area contributed by atoms with Gasteiger partial charge < -0.3 is 10.6 Å². The highest BCUT2D eigenvalue weighted by Crippen LogP contribution is 2.35. The number of primary sulfonamides is 1. The van der Waals surface area contributed by atoms with Crippen molar-refractivity contribution >= 4 is 15.9 Å². The van der Waals surface area contributed by atoms with Crippen LogP contribution in [0.5, 0.6) is 0 Å². The maximum atomic E-state index is 13.6. The molecule has 0 atom stereocenters. The molecule has 0 fully saturated rings. The van der Waals surface area contributed by atoms with E-state index in [0.29, 0.717) is 12.2 Å². The first-order valence-corrected chi connectivity index (χ1v) is 11.3. The highest BCUT2D eigenvalue weighted by atomic mass is 32.2. The highest BCUT2D eigenvalue weighted by Gasteiger charge is 2.40. The van der Waals surface area contributed by atoms with Crippen molar-refractivity contribution in [1.82, 2.24) is 25.4 Å². The molecule has 0 radical (unpaired) electrons. The number of carbonyl (C=O) groups excluding carboxylic acids is 1. The molecule has 33 heavy (non-hydrogen) atoms. The monoisotopic (exact) mass is 480 g/mol. The van der Waals surface area contributed by atoms with Gasteiger partial charge in [0.1, 0.15) is 0 Å². The molecule has 0 spiro atoms. The maximum absolute atomic E-state index is 13.6. The normalized spacial score (nSPS) is 14.1. The minimum atomic E-state index is -4.70. The lowest BCUT2D eigenvalue weighted by Gasteiger charge is -2.18. The van der Waals surface area contributed by atoms with Crippen molar-refractivity contribution in [2.24, 2.45) is 5.14 Å². The predicted octanol–water partition coefficient (Wildman–Crippen LogP) is 1.51. The van der Waals surface area contributed by atoms with Crippen LogP contribution in [-0.4, -0.2) is 35.6 Å². The van der Waals surface area contributed by atoms with Gasteiger partial charge in [-0.25, -0.2) is 18.2 Å². The first-order chi connectivity index (χ1) is 15.6. The number of benzene rings is 1. The first kappa shape index (κ1) is 22.9. The van der Waals surface area contributed by atoms with Gasteiger partial charge in [-0.05, 0) is 35.9 Å². The van der Waals surface area contributed by atoms with Gasteiger partial charge in [0.05, 0.1) is 21.8 Å². The van der Waals surface area contributed by atoms with Crippen LogP contribution in [0.3, 0.4) is 0 Å². The molecule has 4 N–H and O–H groups in total. The second kappa shape index (κ2) is 8.57. The highest BCUT2D eigenvalue weighted by molar-refractivity contribution is 7.89. The van der Waals surface area contributed by atoms with E-state index in [1.54, 1.807) is 12.1 Å². The van der Waals surface area contributed by atoms with E-state index >= 15 is 0 Å². The van der Waals surface area contributed by atoms with Gasteiger partial charge in [-0.15, -0.1) is 0 Å². The first-order valence-electron chi connectivity index (χ1n) is 9.78. The SMILES string of the molecule is NS(=O)(=O)c1ccc(-n2nc(C(F)(F)F)c3c2CCNC3)c(C(=O)NCc2ccncc2)c1. The number of fused-ring (bicyclic) bond motifs is 1. The molecule has 0 saturated heterocycles. The van der Waals surface area contributed by atoms with Gasteiger partial charge in [0, 0.05) is 44.0 Å². The summed E-state index contributed by atoms with van der Waals surface area (Å²) in [6.07, 6.45) is -1.37. The van der Waals surface area contributed by atoms with Crippen molar-refractivity contribution in [3.63, 3.8) is 0 Å². The van der Waals surface area contributed by atoms with Gasteiger partial charge in [-0.3, -0.25) is 9.78 Å². The third-order valence-electron chi connectivity index (χ3n) is 5.17. The van der Waals surface area contributed by atoms with Gasteiger partial charge in [0.25, 0.3) is 5.91 Å². The molecule has 0 unspecified atom stereocenters. The number of pyridine rings is 1. The molecule has 4 rings (SSSR count). The number of sulfonamides is 1. The third kappa shape index (κ3) is 4.74. The molecule has 13 heteroatoms. The molecule has 0 aliphatic carbocycles. The number of nitrogens with one attached hydrogen (secondary N) is 2. The lowest BCUT2D eigenvalue weighted by molar-refractivity contribution is -0.142. The Labute approximate surface area is 186 Å². The molecule has 0 saturated carbocycles.